The van der Waals surface area contributed by atoms with Gasteiger partial charge in [-0.25, -0.2) is 13.2 Å². The van der Waals surface area contributed by atoms with Gasteiger partial charge in [-0.1, -0.05) is 31.8 Å². The Hall–Kier alpha value is -1.76. The highest BCUT2D eigenvalue weighted by Crippen LogP contribution is 2.34. The molecule has 23 heavy (non-hydrogen) atoms. The zero-order chi connectivity index (χ0) is 16.7. The Morgan fingerprint density at radius 1 is 1.04 bits per heavy atom. The first-order valence-electron chi connectivity index (χ1n) is 8.27. The van der Waals surface area contributed by atoms with Crippen LogP contribution in [0.25, 0.3) is 0 Å². The van der Waals surface area contributed by atoms with Gasteiger partial charge in [-0.05, 0) is 55.2 Å². The van der Waals surface area contributed by atoms with Crippen molar-refractivity contribution in [3.63, 3.8) is 0 Å². The molecule has 0 amide bonds. The Balaban J connectivity index is 1.79. The molecule has 0 saturated heterocycles. The summed E-state index contributed by atoms with van der Waals surface area (Å²) in [6, 6.07) is 4.09. The lowest BCUT2D eigenvalue weighted by molar-refractivity contribution is 0.254. The maximum absolute atomic E-state index is 13.6. The summed E-state index contributed by atoms with van der Waals surface area (Å²) < 4.78 is 39.1. The minimum absolute atomic E-state index is 0.503. The molecule has 0 unspecified atom stereocenters. The summed E-state index contributed by atoms with van der Waals surface area (Å²) in [5, 5.41) is 8.67. The lowest BCUT2D eigenvalue weighted by atomic mass is 9.78. The van der Waals surface area contributed by atoms with E-state index in [1.165, 1.54) is 12.1 Å². The fourth-order valence-electron chi connectivity index (χ4n) is 3.45. The van der Waals surface area contributed by atoms with Gasteiger partial charge >= 0.3 is 0 Å². The van der Waals surface area contributed by atoms with E-state index < -0.39 is 17.2 Å². The highest BCUT2D eigenvalue weighted by Gasteiger charge is 2.21. The largest absolute Gasteiger partial charge is 0.216 e. The van der Waals surface area contributed by atoms with Crippen LogP contribution in [0.15, 0.2) is 24.5 Å². The summed E-state index contributed by atoms with van der Waals surface area (Å²) in [6.07, 6.45) is 10.1. The maximum atomic E-state index is 13.6. The van der Waals surface area contributed by atoms with Gasteiger partial charge in [0.05, 0.1) is 6.33 Å². The van der Waals surface area contributed by atoms with Crippen molar-refractivity contribution in [3.8, 4) is 6.07 Å². The second-order valence-corrected chi connectivity index (χ2v) is 6.41. The van der Waals surface area contributed by atoms with Gasteiger partial charge in [0.2, 0.25) is 0 Å². The van der Waals surface area contributed by atoms with Crippen molar-refractivity contribution in [2.45, 2.75) is 51.4 Å². The monoisotopic (exact) mass is 321 g/mol. The summed E-state index contributed by atoms with van der Waals surface area (Å²) in [7, 11) is 0. The molecule has 1 aromatic rings. The van der Waals surface area contributed by atoms with E-state index in [1.807, 2.05) is 0 Å². The van der Waals surface area contributed by atoms with Crippen LogP contribution in [-0.4, -0.2) is 0 Å². The molecule has 0 aliphatic heterocycles. The number of allylic oxidation sites excluding steroid dienone is 1. The molecule has 124 valence electrons. The van der Waals surface area contributed by atoms with Gasteiger partial charge < -0.3 is 0 Å². The van der Waals surface area contributed by atoms with Crippen LogP contribution in [0.4, 0.5) is 13.2 Å². The molecule has 0 radical (unpaired) electrons. The van der Waals surface area contributed by atoms with E-state index in [0.717, 1.165) is 44.9 Å². The molecule has 1 nitrogen and oxygen atoms in total. The average Bonchev–Trinajstić information content (AvgIpc) is 2.54. The molecule has 0 heterocycles. The van der Waals surface area contributed by atoms with E-state index in [-0.39, 0.29) is 0 Å². The molecule has 2 rings (SSSR count). The lowest BCUT2D eigenvalue weighted by Gasteiger charge is -2.28. The minimum Gasteiger partial charge on any atom is -0.216 e. The number of halogens is 3. The average molecular weight is 321 g/mol. The predicted octanol–water partition coefficient (Wildman–Crippen LogP) is 5.84. The molecule has 0 aromatic heterocycles. The molecule has 1 aliphatic carbocycles. The molecule has 1 fully saturated rings. The number of rotatable bonds is 6. The SMILES string of the molecule is N#Cc1c(F)cc(CCC2CCC(CC/C=C/F)CC2)cc1F. The zero-order valence-electron chi connectivity index (χ0n) is 13.2. The quantitative estimate of drug-likeness (QED) is 0.646. The van der Waals surface area contributed by atoms with Crippen molar-refractivity contribution >= 4 is 0 Å². The van der Waals surface area contributed by atoms with Crippen LogP contribution < -0.4 is 0 Å². The Bertz CT molecular complexity index is 558. The Morgan fingerprint density at radius 2 is 1.61 bits per heavy atom. The van der Waals surface area contributed by atoms with Gasteiger partial charge in [0.1, 0.15) is 23.3 Å². The van der Waals surface area contributed by atoms with Crippen LogP contribution in [0.5, 0.6) is 0 Å². The highest BCUT2D eigenvalue weighted by atomic mass is 19.1. The molecule has 0 atom stereocenters. The van der Waals surface area contributed by atoms with Crippen molar-refractivity contribution in [3.05, 3.63) is 47.3 Å². The first kappa shape index (κ1) is 17.6. The van der Waals surface area contributed by atoms with E-state index >= 15 is 0 Å². The summed E-state index contributed by atoms with van der Waals surface area (Å²) in [5.41, 5.74) is 0.116. The smallest absolute Gasteiger partial charge is 0.144 e. The normalized spacial score (nSPS) is 21.5. The molecular formula is C19H22F3N. The zero-order valence-corrected chi connectivity index (χ0v) is 13.2. The van der Waals surface area contributed by atoms with Crippen molar-refractivity contribution in [1.29, 1.82) is 5.26 Å². The number of hydrogen-bond donors (Lipinski definition) is 0. The van der Waals surface area contributed by atoms with Crippen molar-refractivity contribution in [1.82, 2.24) is 0 Å². The number of nitrogens with zero attached hydrogens (tertiary/aromatic N) is 1. The summed E-state index contributed by atoms with van der Waals surface area (Å²) in [4.78, 5) is 0. The maximum Gasteiger partial charge on any atom is 0.144 e. The van der Waals surface area contributed by atoms with Crippen LogP contribution >= 0.6 is 0 Å². The van der Waals surface area contributed by atoms with Crippen LogP contribution in [0, 0.1) is 34.8 Å². The summed E-state index contributed by atoms with van der Waals surface area (Å²) in [5.74, 6) is -0.281. The van der Waals surface area contributed by atoms with Crippen molar-refractivity contribution in [2.24, 2.45) is 11.8 Å². The molecule has 1 saturated carbocycles. The van der Waals surface area contributed by atoms with E-state index in [2.05, 4.69) is 0 Å². The van der Waals surface area contributed by atoms with E-state index in [0.29, 0.717) is 30.1 Å². The van der Waals surface area contributed by atoms with Gasteiger partial charge in [-0.2, -0.15) is 5.26 Å². The van der Waals surface area contributed by atoms with Gasteiger partial charge in [0.25, 0.3) is 0 Å². The topological polar surface area (TPSA) is 23.8 Å². The number of hydrogen-bond acceptors (Lipinski definition) is 1. The highest BCUT2D eigenvalue weighted by molar-refractivity contribution is 5.35. The van der Waals surface area contributed by atoms with Gasteiger partial charge in [-0.15, -0.1) is 0 Å². The van der Waals surface area contributed by atoms with E-state index in [9.17, 15) is 13.2 Å². The Morgan fingerprint density at radius 3 is 2.13 bits per heavy atom. The third-order valence-electron chi connectivity index (χ3n) is 4.85. The van der Waals surface area contributed by atoms with Crippen molar-refractivity contribution < 1.29 is 13.2 Å². The second kappa shape index (κ2) is 8.76. The Labute approximate surface area is 135 Å². The van der Waals surface area contributed by atoms with Gasteiger partial charge in [0, 0.05) is 0 Å². The first-order chi connectivity index (χ1) is 11.1. The van der Waals surface area contributed by atoms with E-state index in [4.69, 9.17) is 5.26 Å². The first-order valence-corrected chi connectivity index (χ1v) is 8.27. The number of aryl methyl sites for hydroxylation is 1. The fourth-order valence-corrected chi connectivity index (χ4v) is 3.45. The summed E-state index contributed by atoms with van der Waals surface area (Å²) in [6.45, 7) is 0. The van der Waals surface area contributed by atoms with Crippen LogP contribution in [0.1, 0.15) is 56.1 Å². The predicted molar refractivity (Wildman–Crippen MR) is 84.3 cm³/mol. The third kappa shape index (κ3) is 5.13. The Kier molecular flexibility index (Phi) is 6.70. The lowest BCUT2D eigenvalue weighted by Crippen LogP contribution is -2.15. The minimum atomic E-state index is -0.771. The fraction of sp³-hybridized carbons (Fsp3) is 0.526. The molecule has 0 bridgehead atoms. The molecule has 1 aromatic carbocycles. The third-order valence-corrected chi connectivity index (χ3v) is 4.85. The van der Waals surface area contributed by atoms with Gasteiger partial charge in [-0.3, -0.25) is 0 Å². The summed E-state index contributed by atoms with van der Waals surface area (Å²) >= 11 is 0. The van der Waals surface area contributed by atoms with Crippen LogP contribution in [0.2, 0.25) is 0 Å². The van der Waals surface area contributed by atoms with Crippen LogP contribution in [0.3, 0.4) is 0 Å². The standard InChI is InChI=1S/C19H22F3N/c20-10-2-1-3-14-4-6-15(7-5-14)8-9-16-11-18(21)17(13-23)19(22)12-16/h2,10-12,14-15H,1,3-9H2/b10-2+. The molecule has 4 heteroatoms. The molecular weight excluding hydrogens is 299 g/mol. The van der Waals surface area contributed by atoms with Crippen molar-refractivity contribution in [2.75, 3.05) is 0 Å². The molecule has 0 N–H and O–H groups in total. The van der Waals surface area contributed by atoms with Crippen LogP contribution in [-0.2, 0) is 6.42 Å². The second-order valence-electron chi connectivity index (χ2n) is 6.41. The number of benzene rings is 1. The number of nitriles is 1. The molecule has 1 aliphatic rings. The van der Waals surface area contributed by atoms with Gasteiger partial charge in [0.15, 0.2) is 0 Å². The molecule has 0 spiro atoms. The van der Waals surface area contributed by atoms with E-state index in [1.54, 1.807) is 12.1 Å².